The summed E-state index contributed by atoms with van der Waals surface area (Å²) in [6, 6.07) is 9.11. The number of morpholine rings is 1. The number of rotatable bonds is 6. The third-order valence-electron chi connectivity index (χ3n) is 4.45. The molecule has 0 bridgehead atoms. The zero-order chi connectivity index (χ0) is 21.0. The highest BCUT2D eigenvalue weighted by Gasteiger charge is 2.28. The van der Waals surface area contributed by atoms with E-state index in [9.17, 15) is 17.6 Å². The minimum absolute atomic E-state index is 0.0492. The summed E-state index contributed by atoms with van der Waals surface area (Å²) in [6.45, 7) is 2.75. The summed E-state index contributed by atoms with van der Waals surface area (Å²) in [4.78, 5) is 12.4. The van der Waals surface area contributed by atoms with Crippen molar-refractivity contribution < 1.29 is 22.3 Å². The molecule has 0 aliphatic carbocycles. The van der Waals surface area contributed by atoms with Gasteiger partial charge in [0.25, 0.3) is 0 Å². The predicted octanol–water partition coefficient (Wildman–Crippen LogP) is 2.86. The van der Waals surface area contributed by atoms with Crippen molar-refractivity contribution in [2.24, 2.45) is 0 Å². The largest absolute Gasteiger partial charge is 0.379 e. The van der Waals surface area contributed by atoms with Crippen LogP contribution in [0.1, 0.15) is 5.56 Å². The van der Waals surface area contributed by atoms with E-state index in [1.54, 1.807) is 25.1 Å². The summed E-state index contributed by atoms with van der Waals surface area (Å²) in [5.41, 5.74) is 1.02. The van der Waals surface area contributed by atoms with Crippen LogP contribution in [0.2, 0.25) is 5.02 Å². The van der Waals surface area contributed by atoms with Crippen LogP contribution in [-0.2, 0) is 19.6 Å². The summed E-state index contributed by atoms with van der Waals surface area (Å²) in [6.07, 6.45) is 0. The van der Waals surface area contributed by atoms with Crippen molar-refractivity contribution in [1.82, 2.24) is 4.31 Å². The van der Waals surface area contributed by atoms with E-state index in [0.717, 1.165) is 0 Å². The van der Waals surface area contributed by atoms with Gasteiger partial charge in [0.1, 0.15) is 0 Å². The van der Waals surface area contributed by atoms with Gasteiger partial charge in [-0.25, -0.2) is 12.8 Å². The Hall–Kier alpha value is -2.20. The molecule has 29 heavy (non-hydrogen) atoms. The van der Waals surface area contributed by atoms with E-state index in [0.29, 0.717) is 24.5 Å². The molecule has 1 aliphatic rings. The average molecular weight is 442 g/mol. The summed E-state index contributed by atoms with van der Waals surface area (Å²) < 4.78 is 46.3. The van der Waals surface area contributed by atoms with Crippen LogP contribution in [0.4, 0.5) is 15.8 Å². The van der Waals surface area contributed by atoms with E-state index in [2.05, 4.69) is 10.6 Å². The zero-order valence-electron chi connectivity index (χ0n) is 15.7. The number of anilines is 2. The number of aryl methyl sites for hydroxylation is 1. The molecule has 0 aromatic heterocycles. The number of amides is 1. The van der Waals surface area contributed by atoms with Gasteiger partial charge in [-0.15, -0.1) is 0 Å². The molecule has 2 N–H and O–H groups in total. The molecule has 0 radical (unpaired) electrons. The van der Waals surface area contributed by atoms with Crippen LogP contribution in [0.5, 0.6) is 0 Å². The molecule has 3 rings (SSSR count). The Labute approximate surface area is 173 Å². The molecule has 0 atom stereocenters. The molecule has 0 saturated carbocycles. The van der Waals surface area contributed by atoms with Gasteiger partial charge in [0.05, 0.1) is 35.4 Å². The van der Waals surface area contributed by atoms with Crippen molar-refractivity contribution >= 4 is 38.9 Å². The lowest BCUT2D eigenvalue weighted by Gasteiger charge is -2.26. The number of carbonyl (C=O) groups excluding carboxylic acids is 1. The van der Waals surface area contributed by atoms with Gasteiger partial charge in [0, 0.05) is 18.8 Å². The molecule has 7 nitrogen and oxygen atoms in total. The van der Waals surface area contributed by atoms with Crippen LogP contribution >= 0.6 is 11.6 Å². The minimum atomic E-state index is -3.69. The Morgan fingerprint density at radius 3 is 2.69 bits per heavy atom. The number of nitrogens with one attached hydrogen (secondary N) is 2. The lowest BCUT2D eigenvalue weighted by molar-refractivity contribution is -0.114. The molecule has 1 heterocycles. The lowest BCUT2D eigenvalue weighted by Crippen LogP contribution is -2.40. The second-order valence-electron chi connectivity index (χ2n) is 6.50. The number of nitrogens with zero attached hydrogens (tertiary/aromatic N) is 1. The molecule has 1 aliphatic heterocycles. The van der Waals surface area contributed by atoms with Crippen LogP contribution in [-0.4, -0.2) is 51.5 Å². The van der Waals surface area contributed by atoms with Gasteiger partial charge >= 0.3 is 0 Å². The minimum Gasteiger partial charge on any atom is -0.379 e. The monoisotopic (exact) mass is 441 g/mol. The van der Waals surface area contributed by atoms with E-state index >= 15 is 0 Å². The van der Waals surface area contributed by atoms with E-state index < -0.39 is 21.7 Å². The molecule has 10 heteroatoms. The van der Waals surface area contributed by atoms with E-state index in [4.69, 9.17) is 16.3 Å². The highest BCUT2D eigenvalue weighted by atomic mass is 35.5. The first-order valence-corrected chi connectivity index (χ1v) is 10.8. The highest BCUT2D eigenvalue weighted by molar-refractivity contribution is 7.89. The summed E-state index contributed by atoms with van der Waals surface area (Å²) >= 11 is 5.71. The first-order chi connectivity index (χ1) is 13.8. The number of hydrogen-bond donors (Lipinski definition) is 2. The van der Waals surface area contributed by atoms with Crippen molar-refractivity contribution in [3.05, 3.63) is 52.8 Å². The topological polar surface area (TPSA) is 87.7 Å². The fourth-order valence-electron chi connectivity index (χ4n) is 2.90. The first-order valence-electron chi connectivity index (χ1n) is 8.95. The molecule has 2 aromatic carbocycles. The van der Waals surface area contributed by atoms with Crippen LogP contribution in [0.25, 0.3) is 0 Å². The molecule has 156 valence electrons. The maximum absolute atomic E-state index is 13.9. The van der Waals surface area contributed by atoms with E-state index in [-0.39, 0.29) is 35.2 Å². The van der Waals surface area contributed by atoms with E-state index in [1.165, 1.54) is 22.5 Å². The smallest absolute Gasteiger partial charge is 0.243 e. The maximum atomic E-state index is 13.9. The van der Waals surface area contributed by atoms with Crippen LogP contribution in [0.15, 0.2) is 41.3 Å². The quantitative estimate of drug-likeness (QED) is 0.719. The standard InChI is InChI=1S/C19H21ClFN3O4S/c1-13-5-6-14(11-17(13)29(26,27)24-7-9-28-10-8-24)23-18(25)12-22-16-4-2-3-15(20)19(16)21/h2-6,11,22H,7-10,12H2,1H3,(H,23,25). The second kappa shape index (κ2) is 9.08. The van der Waals surface area contributed by atoms with Crippen molar-refractivity contribution in [2.45, 2.75) is 11.8 Å². The molecule has 0 spiro atoms. The predicted molar refractivity (Wildman–Crippen MR) is 109 cm³/mol. The third-order valence-corrected chi connectivity index (χ3v) is 6.78. The molecular formula is C19H21ClFN3O4S. The lowest BCUT2D eigenvalue weighted by atomic mass is 10.2. The van der Waals surface area contributed by atoms with Gasteiger partial charge in [0.2, 0.25) is 15.9 Å². The van der Waals surface area contributed by atoms with Crippen LogP contribution in [0, 0.1) is 12.7 Å². The number of halogens is 2. The molecule has 0 unspecified atom stereocenters. The number of carbonyl (C=O) groups is 1. The van der Waals surface area contributed by atoms with Gasteiger partial charge in [-0.3, -0.25) is 4.79 Å². The molecular weight excluding hydrogens is 421 g/mol. The molecule has 1 saturated heterocycles. The Morgan fingerprint density at radius 2 is 1.97 bits per heavy atom. The van der Waals surface area contributed by atoms with Crippen molar-refractivity contribution in [3.63, 3.8) is 0 Å². The van der Waals surface area contributed by atoms with Gasteiger partial charge < -0.3 is 15.4 Å². The number of benzene rings is 2. The molecule has 1 amide bonds. The molecule has 1 fully saturated rings. The van der Waals surface area contributed by atoms with Gasteiger partial charge in [-0.1, -0.05) is 23.7 Å². The SMILES string of the molecule is Cc1ccc(NC(=O)CNc2cccc(Cl)c2F)cc1S(=O)(=O)N1CCOCC1. The normalized spacial score (nSPS) is 15.1. The van der Waals surface area contributed by atoms with Gasteiger partial charge in [-0.05, 0) is 36.8 Å². The zero-order valence-corrected chi connectivity index (χ0v) is 17.3. The van der Waals surface area contributed by atoms with E-state index in [1.807, 2.05) is 0 Å². The fraction of sp³-hybridized carbons (Fsp3) is 0.316. The van der Waals surface area contributed by atoms with Crippen molar-refractivity contribution in [1.29, 1.82) is 0 Å². The fourth-order valence-corrected chi connectivity index (χ4v) is 4.74. The average Bonchev–Trinajstić information content (AvgIpc) is 2.71. The van der Waals surface area contributed by atoms with Gasteiger partial charge in [0.15, 0.2) is 5.82 Å². The Bertz CT molecular complexity index is 1010. The number of sulfonamides is 1. The van der Waals surface area contributed by atoms with Gasteiger partial charge in [-0.2, -0.15) is 4.31 Å². The van der Waals surface area contributed by atoms with Crippen molar-refractivity contribution in [2.75, 3.05) is 43.5 Å². The van der Waals surface area contributed by atoms with Crippen LogP contribution < -0.4 is 10.6 Å². The summed E-state index contributed by atoms with van der Waals surface area (Å²) in [5, 5.41) is 5.25. The first kappa shape index (κ1) is 21.5. The van der Waals surface area contributed by atoms with Crippen LogP contribution in [0.3, 0.4) is 0 Å². The Morgan fingerprint density at radius 1 is 1.24 bits per heavy atom. The maximum Gasteiger partial charge on any atom is 0.243 e. The second-order valence-corrected chi connectivity index (χ2v) is 8.81. The third kappa shape index (κ3) is 5.05. The number of hydrogen-bond acceptors (Lipinski definition) is 5. The van der Waals surface area contributed by atoms with Crippen molar-refractivity contribution in [3.8, 4) is 0 Å². The highest BCUT2D eigenvalue weighted by Crippen LogP contribution is 2.25. The Balaban J connectivity index is 1.70. The summed E-state index contributed by atoms with van der Waals surface area (Å²) in [5.74, 6) is -1.10. The summed E-state index contributed by atoms with van der Waals surface area (Å²) in [7, 11) is -3.69. The molecule has 2 aromatic rings. The Kier molecular flexibility index (Phi) is 6.74. The number of ether oxygens (including phenoxy) is 1.